The van der Waals surface area contributed by atoms with Crippen molar-refractivity contribution in [3.63, 3.8) is 0 Å². The molecule has 0 atom stereocenters. The molecule has 0 heterocycles. The molecular formula is C19H21Cl5NO5PS. The quantitative estimate of drug-likeness (QED) is 0.287. The molecule has 178 valence electrons. The highest BCUT2D eigenvalue weighted by atomic mass is 35.6. The molecule has 2 rings (SSSR count). The lowest BCUT2D eigenvalue weighted by molar-refractivity contribution is -0.118. The monoisotopic (exact) mass is 581 g/mol. The van der Waals surface area contributed by atoms with Crippen LogP contribution < -0.4 is 5.32 Å². The molecule has 2 N–H and O–H groups in total. The molecule has 0 spiro atoms. The number of rotatable bonds is 7. The third-order valence-corrected chi connectivity index (χ3v) is 9.17. The van der Waals surface area contributed by atoms with E-state index >= 15 is 0 Å². The molecule has 0 bridgehead atoms. The van der Waals surface area contributed by atoms with Gasteiger partial charge in [0.1, 0.15) is 0 Å². The van der Waals surface area contributed by atoms with E-state index in [4.69, 9.17) is 58.0 Å². The maximum Gasteiger partial charge on any atom is 0.389 e. The normalized spacial score (nSPS) is 12.0. The molecule has 0 aromatic heterocycles. The zero-order chi connectivity index (χ0) is 24.6. The van der Waals surface area contributed by atoms with Crippen LogP contribution in [-0.2, 0) is 24.0 Å². The fourth-order valence-electron chi connectivity index (χ4n) is 2.27. The topological polar surface area (TPSA) is 84.9 Å². The fraction of sp³-hybridized carbons (Fsp3) is 0.316. The van der Waals surface area contributed by atoms with E-state index in [0.29, 0.717) is 21.2 Å². The van der Waals surface area contributed by atoms with Gasteiger partial charge in [0.2, 0.25) is 9.70 Å². The minimum Gasteiger partial charge on any atom is -0.376 e. The molecule has 13 heteroatoms. The summed E-state index contributed by atoms with van der Waals surface area (Å²) in [5, 5.41) is 14.4. The molecule has 0 saturated heterocycles. The second-order valence-corrected chi connectivity index (χ2v) is 13.4. The summed E-state index contributed by atoms with van der Waals surface area (Å²) in [5.74, 6) is -0.149. The summed E-state index contributed by atoms with van der Waals surface area (Å²) in [6.07, 6.45) is 0. The lowest BCUT2D eigenvalue weighted by Crippen LogP contribution is -2.41. The summed E-state index contributed by atoms with van der Waals surface area (Å²) in [7, 11) is 4.07. The number of hydrogen-bond acceptors (Lipinski definition) is 6. The van der Waals surface area contributed by atoms with E-state index < -0.39 is 16.2 Å². The number of benzene rings is 2. The molecule has 2 aromatic carbocycles. The molecule has 0 saturated carbocycles. The molecule has 32 heavy (non-hydrogen) atoms. The first-order chi connectivity index (χ1) is 14.8. The standard InChI is InChI=1S/C14H9Cl5O.C5H12NO4PS/c15-11-5-1-9(2-6-11)13(20,14(17,18)19)10-3-7-12(16)8-4-10;1-6-5(7)4-12-11(8,9-2)10-3/h1-8,20H;4H2,1-3H3,(H,6,7). The summed E-state index contributed by atoms with van der Waals surface area (Å²) >= 11 is 30.6. The summed E-state index contributed by atoms with van der Waals surface area (Å²) in [5.41, 5.74) is -0.972. The number of carbonyl (C=O) groups excluding carboxylic acids is 1. The Labute approximate surface area is 216 Å². The van der Waals surface area contributed by atoms with Gasteiger partial charge < -0.3 is 19.5 Å². The molecule has 0 radical (unpaired) electrons. The Morgan fingerprint density at radius 2 is 1.34 bits per heavy atom. The third kappa shape index (κ3) is 8.24. The SMILES string of the molecule is CNC(=O)CSP(=O)(OC)OC.OC(c1ccc(Cl)cc1)(c1ccc(Cl)cc1)C(Cl)(Cl)Cl. The first kappa shape index (κ1) is 29.9. The molecule has 0 aliphatic carbocycles. The number of alkyl halides is 3. The van der Waals surface area contributed by atoms with Crippen LogP contribution >= 0.6 is 76.2 Å². The van der Waals surface area contributed by atoms with Crippen LogP contribution in [0.3, 0.4) is 0 Å². The Morgan fingerprint density at radius 3 is 1.62 bits per heavy atom. The maximum atomic E-state index is 11.3. The van der Waals surface area contributed by atoms with Gasteiger partial charge in [-0.15, -0.1) is 0 Å². The van der Waals surface area contributed by atoms with Crippen molar-refractivity contribution in [1.29, 1.82) is 0 Å². The zero-order valence-corrected chi connectivity index (χ0v) is 22.6. The number of halogens is 5. The molecule has 1 amide bonds. The van der Waals surface area contributed by atoms with E-state index in [1.165, 1.54) is 21.3 Å². The lowest BCUT2D eigenvalue weighted by Gasteiger charge is -2.35. The summed E-state index contributed by atoms with van der Waals surface area (Å²) in [4.78, 5) is 10.7. The van der Waals surface area contributed by atoms with Crippen LogP contribution in [0.25, 0.3) is 0 Å². The lowest BCUT2D eigenvalue weighted by atomic mass is 9.87. The number of hydrogen-bond donors (Lipinski definition) is 2. The summed E-state index contributed by atoms with van der Waals surface area (Å²) < 4.78 is 18.5. The number of amides is 1. The van der Waals surface area contributed by atoms with Gasteiger partial charge in [-0.25, -0.2) is 4.57 Å². The van der Waals surface area contributed by atoms with Crippen LogP contribution in [0.15, 0.2) is 48.5 Å². The molecule has 0 aliphatic heterocycles. The summed E-state index contributed by atoms with van der Waals surface area (Å²) in [6, 6.07) is 12.9. The Bertz CT molecular complexity index is 872. The van der Waals surface area contributed by atoms with Crippen LogP contribution in [0.4, 0.5) is 0 Å². The highest BCUT2D eigenvalue weighted by Crippen LogP contribution is 2.59. The first-order valence-corrected chi connectivity index (χ1v) is 13.7. The van der Waals surface area contributed by atoms with Gasteiger partial charge in [0.15, 0.2) is 5.60 Å². The molecule has 0 fully saturated rings. The second-order valence-electron chi connectivity index (χ2n) is 5.98. The average Bonchev–Trinajstić information content (AvgIpc) is 2.77. The molecule has 2 aromatic rings. The Kier molecular flexibility index (Phi) is 12.2. The van der Waals surface area contributed by atoms with Gasteiger partial charge in [-0.2, -0.15) is 0 Å². The van der Waals surface area contributed by atoms with E-state index in [1.807, 2.05) is 0 Å². The molecule has 6 nitrogen and oxygen atoms in total. The highest BCUT2D eigenvalue weighted by Gasteiger charge is 2.49. The predicted octanol–water partition coefficient (Wildman–Crippen LogP) is 6.47. The van der Waals surface area contributed by atoms with Gasteiger partial charge in [0.05, 0.1) is 5.75 Å². The van der Waals surface area contributed by atoms with Crippen LogP contribution in [0.2, 0.25) is 10.0 Å². The zero-order valence-electron chi connectivity index (χ0n) is 17.2. The highest BCUT2D eigenvalue weighted by molar-refractivity contribution is 8.55. The molecular weight excluding hydrogens is 563 g/mol. The Morgan fingerprint density at radius 1 is 0.969 bits per heavy atom. The second kappa shape index (κ2) is 13.1. The van der Waals surface area contributed by atoms with Gasteiger partial charge >= 0.3 is 6.80 Å². The smallest absolute Gasteiger partial charge is 0.376 e. The Hall–Kier alpha value is -0.180. The van der Waals surface area contributed by atoms with Crippen molar-refractivity contribution in [2.45, 2.75) is 9.39 Å². The van der Waals surface area contributed by atoms with E-state index in [-0.39, 0.29) is 11.7 Å². The van der Waals surface area contributed by atoms with Crippen molar-refractivity contribution >= 4 is 82.1 Å². The van der Waals surface area contributed by atoms with Crippen LogP contribution in [0, 0.1) is 0 Å². The average molecular weight is 584 g/mol. The first-order valence-electron chi connectivity index (χ1n) is 8.70. The van der Waals surface area contributed by atoms with Crippen molar-refractivity contribution in [2.24, 2.45) is 0 Å². The van der Waals surface area contributed by atoms with Gasteiger partial charge in [-0.1, -0.05) is 82.3 Å². The predicted molar refractivity (Wildman–Crippen MR) is 134 cm³/mol. The van der Waals surface area contributed by atoms with Crippen molar-refractivity contribution in [3.8, 4) is 0 Å². The van der Waals surface area contributed by atoms with Crippen molar-refractivity contribution in [3.05, 3.63) is 69.7 Å². The number of aliphatic hydroxyl groups is 1. The van der Waals surface area contributed by atoms with Gasteiger partial charge in [0, 0.05) is 31.3 Å². The van der Waals surface area contributed by atoms with Crippen molar-refractivity contribution in [2.75, 3.05) is 27.0 Å². The largest absolute Gasteiger partial charge is 0.389 e. The van der Waals surface area contributed by atoms with E-state index in [2.05, 4.69) is 14.4 Å². The number of carbonyl (C=O) groups is 1. The van der Waals surface area contributed by atoms with E-state index in [0.717, 1.165) is 11.4 Å². The maximum absolute atomic E-state index is 11.3. The number of nitrogens with one attached hydrogen (secondary N) is 1. The molecule has 0 aliphatic rings. The van der Waals surface area contributed by atoms with Gasteiger partial charge in [-0.05, 0) is 46.8 Å². The summed E-state index contributed by atoms with van der Waals surface area (Å²) in [6.45, 7) is -3.09. The van der Waals surface area contributed by atoms with Gasteiger partial charge in [-0.3, -0.25) is 4.79 Å². The van der Waals surface area contributed by atoms with Gasteiger partial charge in [0.25, 0.3) is 0 Å². The van der Waals surface area contributed by atoms with Crippen LogP contribution in [0.1, 0.15) is 11.1 Å². The van der Waals surface area contributed by atoms with E-state index in [9.17, 15) is 14.5 Å². The fourth-order valence-corrected chi connectivity index (χ4v) is 5.41. The minimum atomic E-state index is -3.09. The molecule has 0 unspecified atom stereocenters. The van der Waals surface area contributed by atoms with Crippen LogP contribution in [-0.4, -0.2) is 41.8 Å². The minimum absolute atomic E-state index is 0.0649. The van der Waals surface area contributed by atoms with E-state index in [1.54, 1.807) is 48.5 Å². The third-order valence-electron chi connectivity index (χ3n) is 4.01. The van der Waals surface area contributed by atoms with Crippen molar-refractivity contribution in [1.82, 2.24) is 5.32 Å². The van der Waals surface area contributed by atoms with Crippen molar-refractivity contribution < 1.29 is 23.5 Å². The Balaban J connectivity index is 0.000000368. The van der Waals surface area contributed by atoms with Crippen LogP contribution in [0.5, 0.6) is 0 Å².